The lowest BCUT2D eigenvalue weighted by molar-refractivity contribution is 0.110. The van der Waals surface area contributed by atoms with Crippen molar-refractivity contribution >= 4 is 21.9 Å². The molecule has 0 saturated carbocycles. The van der Waals surface area contributed by atoms with Crippen LogP contribution in [0.2, 0.25) is 0 Å². The Hall–Kier alpha value is -5.45. The molecule has 1 aliphatic heterocycles. The van der Waals surface area contributed by atoms with Gasteiger partial charge in [-0.25, -0.2) is 4.42 Å². The molecule has 0 atom stereocenters. The summed E-state index contributed by atoms with van der Waals surface area (Å²) in [6, 6.07) is 47.0. The van der Waals surface area contributed by atoms with E-state index in [-0.39, 0.29) is 0 Å². The normalized spacial score (nSPS) is 13.3. The molecule has 2 heterocycles. The molecule has 200 valence electrons. The third kappa shape index (κ3) is 3.70. The summed E-state index contributed by atoms with van der Waals surface area (Å²) in [6.45, 7) is 0. The molecule has 0 spiro atoms. The summed E-state index contributed by atoms with van der Waals surface area (Å²) in [5, 5.41) is 14.7. The van der Waals surface area contributed by atoms with E-state index in [1.807, 2.05) is 127 Å². The summed E-state index contributed by atoms with van der Waals surface area (Å²) in [4.78, 5) is 0. The van der Waals surface area contributed by atoms with Crippen LogP contribution in [0.1, 0.15) is 16.7 Å². The Bertz CT molecular complexity index is 2030. The first kappa shape index (κ1) is 24.4. The fourth-order valence-electron chi connectivity index (χ4n) is 6.08. The standard InChI is InChI=1S/C38H25O4/c39-38(29-17-5-11-23-35(29)42-36-24-12-6-18-30(36)38)28-16-4-10-22-34(28)41-33-21-9-3-15-27(33)37-25-13-1-7-19-31(25)40-32-20-8-2-14-26(32)37/h1-24,39H/q+1. The molecule has 0 radical (unpaired) electrons. The summed E-state index contributed by atoms with van der Waals surface area (Å²) in [6.07, 6.45) is 0. The highest BCUT2D eigenvalue weighted by Gasteiger charge is 2.44. The number of fused-ring (bicyclic) bond motifs is 4. The van der Waals surface area contributed by atoms with Crippen molar-refractivity contribution in [2.75, 3.05) is 0 Å². The van der Waals surface area contributed by atoms with Gasteiger partial charge in [-0.15, -0.1) is 0 Å². The number of rotatable bonds is 4. The minimum absolute atomic E-state index is 0.549. The fourth-order valence-corrected chi connectivity index (χ4v) is 6.08. The zero-order chi connectivity index (χ0) is 28.1. The molecular formula is C38H25O4+. The smallest absolute Gasteiger partial charge is 0.361 e. The van der Waals surface area contributed by atoms with Gasteiger partial charge in [-0.3, -0.25) is 0 Å². The molecule has 0 amide bonds. The van der Waals surface area contributed by atoms with Crippen LogP contribution in [0.15, 0.2) is 150 Å². The molecule has 1 aromatic heterocycles. The lowest BCUT2D eigenvalue weighted by Gasteiger charge is -2.37. The molecule has 0 saturated heterocycles. The Labute approximate surface area is 242 Å². The molecule has 42 heavy (non-hydrogen) atoms. The molecule has 0 aliphatic carbocycles. The van der Waals surface area contributed by atoms with Crippen LogP contribution >= 0.6 is 0 Å². The second-order valence-corrected chi connectivity index (χ2v) is 10.4. The first-order chi connectivity index (χ1) is 20.7. The van der Waals surface area contributed by atoms with Gasteiger partial charge in [0, 0.05) is 39.9 Å². The van der Waals surface area contributed by atoms with E-state index < -0.39 is 5.60 Å². The molecule has 1 N–H and O–H groups in total. The van der Waals surface area contributed by atoms with E-state index in [0.717, 1.165) is 33.1 Å². The van der Waals surface area contributed by atoms with Crippen molar-refractivity contribution in [1.82, 2.24) is 0 Å². The summed E-state index contributed by atoms with van der Waals surface area (Å²) in [7, 11) is 0. The topological polar surface area (TPSA) is 50.0 Å². The highest BCUT2D eigenvalue weighted by atomic mass is 16.5. The van der Waals surface area contributed by atoms with Crippen molar-refractivity contribution in [2.45, 2.75) is 5.60 Å². The predicted octanol–water partition coefficient (Wildman–Crippen LogP) is 9.72. The van der Waals surface area contributed by atoms with Crippen molar-refractivity contribution in [1.29, 1.82) is 0 Å². The van der Waals surface area contributed by atoms with Gasteiger partial charge in [-0.05, 0) is 36.4 Å². The molecule has 1 aliphatic rings. The highest BCUT2D eigenvalue weighted by molar-refractivity contribution is 6.09. The maximum Gasteiger partial charge on any atom is 0.361 e. The molecule has 4 heteroatoms. The van der Waals surface area contributed by atoms with E-state index in [2.05, 4.69) is 18.2 Å². The molecule has 8 rings (SSSR count). The van der Waals surface area contributed by atoms with Gasteiger partial charge in [0.25, 0.3) is 0 Å². The van der Waals surface area contributed by atoms with Crippen LogP contribution in [0.4, 0.5) is 0 Å². The minimum Gasteiger partial charge on any atom is -0.457 e. The van der Waals surface area contributed by atoms with Crippen LogP contribution in [0.3, 0.4) is 0 Å². The van der Waals surface area contributed by atoms with Crippen molar-refractivity contribution in [3.63, 3.8) is 0 Å². The second kappa shape index (κ2) is 9.58. The van der Waals surface area contributed by atoms with Gasteiger partial charge in [-0.2, -0.15) is 0 Å². The molecular weight excluding hydrogens is 520 g/mol. The molecule has 6 aromatic carbocycles. The van der Waals surface area contributed by atoms with Gasteiger partial charge in [0.15, 0.2) is 5.60 Å². The van der Waals surface area contributed by atoms with Gasteiger partial charge < -0.3 is 14.6 Å². The van der Waals surface area contributed by atoms with Gasteiger partial charge in [0.2, 0.25) is 0 Å². The SMILES string of the molecule is OC1(c2ccccc2Oc2ccccc2-c2c3ccccc3[o+]c3ccccc23)c2ccccc2Oc2ccccc21. The van der Waals surface area contributed by atoms with E-state index in [9.17, 15) is 5.11 Å². The zero-order valence-electron chi connectivity index (χ0n) is 22.5. The van der Waals surface area contributed by atoms with Crippen molar-refractivity contribution in [3.05, 3.63) is 162 Å². The first-order valence-corrected chi connectivity index (χ1v) is 13.9. The monoisotopic (exact) mass is 545 g/mol. The van der Waals surface area contributed by atoms with Crippen molar-refractivity contribution in [3.8, 4) is 34.1 Å². The van der Waals surface area contributed by atoms with Crippen LogP contribution < -0.4 is 9.47 Å². The van der Waals surface area contributed by atoms with Crippen LogP contribution in [0.5, 0.6) is 23.0 Å². The van der Waals surface area contributed by atoms with E-state index >= 15 is 0 Å². The average Bonchev–Trinajstić information content (AvgIpc) is 3.04. The lowest BCUT2D eigenvalue weighted by Crippen LogP contribution is -2.32. The van der Waals surface area contributed by atoms with Gasteiger partial charge >= 0.3 is 11.2 Å². The summed E-state index contributed by atoms with van der Waals surface area (Å²) >= 11 is 0. The van der Waals surface area contributed by atoms with Gasteiger partial charge in [0.1, 0.15) is 23.0 Å². The maximum absolute atomic E-state index is 12.7. The molecule has 0 fully saturated rings. The molecule has 4 nitrogen and oxygen atoms in total. The predicted molar refractivity (Wildman–Crippen MR) is 165 cm³/mol. The Morgan fingerprint density at radius 3 is 1.62 bits per heavy atom. The Morgan fingerprint density at radius 1 is 0.500 bits per heavy atom. The van der Waals surface area contributed by atoms with Crippen LogP contribution in [-0.2, 0) is 5.60 Å². The summed E-state index contributed by atoms with van der Waals surface area (Å²) in [5.41, 5.74) is 4.00. The number of para-hydroxylation sites is 6. The Morgan fingerprint density at radius 2 is 0.976 bits per heavy atom. The number of hydrogen-bond donors (Lipinski definition) is 1. The van der Waals surface area contributed by atoms with Crippen molar-refractivity contribution in [2.24, 2.45) is 0 Å². The van der Waals surface area contributed by atoms with Crippen molar-refractivity contribution < 1.29 is 19.0 Å². The highest BCUT2D eigenvalue weighted by Crippen LogP contribution is 2.52. The van der Waals surface area contributed by atoms with Crippen LogP contribution in [0.25, 0.3) is 33.1 Å². The van der Waals surface area contributed by atoms with Crippen LogP contribution in [0, 0.1) is 0 Å². The molecule has 0 bridgehead atoms. The molecule has 0 unspecified atom stereocenters. The first-order valence-electron chi connectivity index (χ1n) is 13.9. The quantitative estimate of drug-likeness (QED) is 0.177. The fraction of sp³-hybridized carbons (Fsp3) is 0.0263. The van der Waals surface area contributed by atoms with Crippen LogP contribution in [-0.4, -0.2) is 5.11 Å². The van der Waals surface area contributed by atoms with E-state index in [4.69, 9.17) is 13.9 Å². The third-order valence-corrected chi connectivity index (χ3v) is 7.96. The largest absolute Gasteiger partial charge is 0.457 e. The number of hydrogen-bond acceptors (Lipinski definition) is 3. The molecule has 7 aromatic rings. The number of benzene rings is 6. The number of ether oxygens (including phenoxy) is 2. The number of aliphatic hydroxyl groups is 1. The van der Waals surface area contributed by atoms with E-state index in [1.165, 1.54) is 0 Å². The Balaban J connectivity index is 1.34. The average molecular weight is 546 g/mol. The summed E-state index contributed by atoms with van der Waals surface area (Å²) in [5.74, 6) is 2.44. The zero-order valence-corrected chi connectivity index (χ0v) is 22.5. The minimum atomic E-state index is -1.50. The second-order valence-electron chi connectivity index (χ2n) is 10.4. The van der Waals surface area contributed by atoms with E-state index in [1.54, 1.807) is 0 Å². The van der Waals surface area contributed by atoms with E-state index in [0.29, 0.717) is 39.7 Å². The maximum atomic E-state index is 12.7. The van der Waals surface area contributed by atoms with Gasteiger partial charge in [0.05, 0.1) is 10.8 Å². The lowest BCUT2D eigenvalue weighted by atomic mass is 9.77. The third-order valence-electron chi connectivity index (χ3n) is 7.96. The Kier molecular flexibility index (Phi) is 5.56. The summed E-state index contributed by atoms with van der Waals surface area (Å²) < 4.78 is 19.3. The van der Waals surface area contributed by atoms with Gasteiger partial charge in [-0.1, -0.05) is 97.1 Å².